The van der Waals surface area contributed by atoms with Gasteiger partial charge >= 0.3 is 0 Å². The van der Waals surface area contributed by atoms with Gasteiger partial charge in [-0.2, -0.15) is 0 Å². The fraction of sp³-hybridized carbons (Fsp3) is 0.692. The Bertz CT molecular complexity index is 273. The van der Waals surface area contributed by atoms with Crippen LogP contribution in [0.1, 0.15) is 19.6 Å². The molecule has 0 aliphatic heterocycles. The van der Waals surface area contributed by atoms with Gasteiger partial charge in [-0.3, -0.25) is 4.90 Å². The highest BCUT2D eigenvalue weighted by Gasteiger charge is 2.08. The third kappa shape index (κ3) is 5.86. The van der Waals surface area contributed by atoms with Gasteiger partial charge in [-0.15, -0.1) is 0 Å². The number of rotatable bonds is 9. The Kier molecular flexibility index (Phi) is 6.93. The molecule has 0 saturated carbocycles. The minimum absolute atomic E-state index is 0.551. The van der Waals surface area contributed by atoms with E-state index in [2.05, 4.69) is 24.1 Å². The zero-order valence-electron chi connectivity index (χ0n) is 11.1. The molecule has 0 atom stereocenters. The molecule has 1 N–H and O–H groups in total. The normalized spacial score (nSPS) is 11.6. The van der Waals surface area contributed by atoms with Gasteiger partial charge in [0.25, 0.3) is 0 Å². The van der Waals surface area contributed by atoms with Crippen LogP contribution in [0.2, 0.25) is 0 Å². The Hall–Kier alpha value is -0.840. The van der Waals surface area contributed by atoms with E-state index in [9.17, 15) is 0 Å². The fourth-order valence-electron chi connectivity index (χ4n) is 1.68. The van der Waals surface area contributed by atoms with E-state index in [-0.39, 0.29) is 0 Å². The minimum atomic E-state index is 0.551. The lowest BCUT2D eigenvalue weighted by molar-refractivity contribution is 0.130. The molecular weight excluding hydrogens is 216 g/mol. The topological polar surface area (TPSA) is 37.6 Å². The Balaban J connectivity index is 2.13. The third-order valence-electron chi connectivity index (χ3n) is 2.77. The number of methoxy groups -OCH3 is 1. The maximum atomic E-state index is 5.26. The standard InChI is InChI=1S/C13H24N2O2/c1-12(2)15(8-10-16-3)7-6-14-11-13-5-4-9-17-13/h4-5,9,12,14H,6-8,10-11H2,1-3H3. The van der Waals surface area contributed by atoms with Gasteiger partial charge in [0, 0.05) is 32.8 Å². The van der Waals surface area contributed by atoms with Crippen LogP contribution in [0.15, 0.2) is 22.8 Å². The van der Waals surface area contributed by atoms with E-state index in [0.717, 1.165) is 38.5 Å². The Morgan fingerprint density at radius 2 is 2.24 bits per heavy atom. The van der Waals surface area contributed by atoms with Gasteiger partial charge in [0.1, 0.15) is 5.76 Å². The molecule has 0 radical (unpaired) electrons. The molecule has 4 nitrogen and oxygen atoms in total. The quantitative estimate of drug-likeness (QED) is 0.667. The molecule has 17 heavy (non-hydrogen) atoms. The summed E-state index contributed by atoms with van der Waals surface area (Å²) in [6, 6.07) is 4.45. The summed E-state index contributed by atoms with van der Waals surface area (Å²) < 4.78 is 10.4. The van der Waals surface area contributed by atoms with Crippen molar-refractivity contribution in [2.24, 2.45) is 0 Å². The Morgan fingerprint density at radius 3 is 2.82 bits per heavy atom. The molecule has 0 amide bonds. The van der Waals surface area contributed by atoms with Crippen molar-refractivity contribution < 1.29 is 9.15 Å². The molecule has 0 aromatic carbocycles. The van der Waals surface area contributed by atoms with Crippen molar-refractivity contribution in [1.82, 2.24) is 10.2 Å². The Labute approximate surface area is 104 Å². The van der Waals surface area contributed by atoms with E-state index in [1.807, 2.05) is 12.1 Å². The number of hydrogen-bond donors (Lipinski definition) is 1. The van der Waals surface area contributed by atoms with E-state index in [4.69, 9.17) is 9.15 Å². The molecule has 1 heterocycles. The van der Waals surface area contributed by atoms with E-state index < -0.39 is 0 Å². The molecule has 0 spiro atoms. The van der Waals surface area contributed by atoms with Crippen molar-refractivity contribution in [3.05, 3.63) is 24.2 Å². The summed E-state index contributed by atoms with van der Waals surface area (Å²) in [6.45, 7) is 8.98. The van der Waals surface area contributed by atoms with E-state index in [0.29, 0.717) is 6.04 Å². The molecule has 4 heteroatoms. The first-order valence-corrected chi connectivity index (χ1v) is 6.20. The van der Waals surface area contributed by atoms with Gasteiger partial charge in [-0.05, 0) is 26.0 Å². The number of ether oxygens (including phenoxy) is 1. The van der Waals surface area contributed by atoms with Crippen LogP contribution in [0.25, 0.3) is 0 Å². The molecule has 0 bridgehead atoms. The fourth-order valence-corrected chi connectivity index (χ4v) is 1.68. The molecule has 0 aliphatic carbocycles. The van der Waals surface area contributed by atoms with Crippen molar-refractivity contribution in [1.29, 1.82) is 0 Å². The van der Waals surface area contributed by atoms with Crippen LogP contribution >= 0.6 is 0 Å². The molecule has 0 aliphatic rings. The first-order chi connectivity index (χ1) is 8.24. The summed E-state index contributed by atoms with van der Waals surface area (Å²) in [5.41, 5.74) is 0. The van der Waals surface area contributed by atoms with E-state index in [1.54, 1.807) is 13.4 Å². The van der Waals surface area contributed by atoms with E-state index in [1.165, 1.54) is 0 Å². The monoisotopic (exact) mass is 240 g/mol. The first kappa shape index (κ1) is 14.2. The first-order valence-electron chi connectivity index (χ1n) is 6.20. The number of nitrogens with zero attached hydrogens (tertiary/aromatic N) is 1. The smallest absolute Gasteiger partial charge is 0.117 e. The van der Waals surface area contributed by atoms with Crippen LogP contribution in [0.4, 0.5) is 0 Å². The van der Waals surface area contributed by atoms with Crippen LogP contribution in [-0.2, 0) is 11.3 Å². The lowest BCUT2D eigenvalue weighted by atomic mass is 10.3. The second-order valence-corrected chi connectivity index (χ2v) is 4.38. The largest absolute Gasteiger partial charge is 0.468 e. The van der Waals surface area contributed by atoms with Crippen LogP contribution in [0.5, 0.6) is 0 Å². The van der Waals surface area contributed by atoms with Crippen molar-refractivity contribution in [2.75, 3.05) is 33.4 Å². The zero-order chi connectivity index (χ0) is 12.5. The van der Waals surface area contributed by atoms with Crippen LogP contribution in [0.3, 0.4) is 0 Å². The molecule has 1 aromatic rings. The SMILES string of the molecule is COCCN(CCNCc1ccco1)C(C)C. The van der Waals surface area contributed by atoms with Gasteiger partial charge in [-0.25, -0.2) is 0 Å². The summed E-state index contributed by atoms with van der Waals surface area (Å²) in [4.78, 5) is 2.40. The van der Waals surface area contributed by atoms with Crippen molar-refractivity contribution in [2.45, 2.75) is 26.4 Å². The summed E-state index contributed by atoms with van der Waals surface area (Å²) in [7, 11) is 1.74. The second kappa shape index (κ2) is 8.28. The average Bonchev–Trinajstić information content (AvgIpc) is 2.80. The third-order valence-corrected chi connectivity index (χ3v) is 2.77. The summed E-state index contributed by atoms with van der Waals surface area (Å²) in [5, 5.41) is 3.37. The molecule has 0 unspecified atom stereocenters. The van der Waals surface area contributed by atoms with Crippen molar-refractivity contribution in [3.63, 3.8) is 0 Å². The van der Waals surface area contributed by atoms with Gasteiger partial charge in [0.2, 0.25) is 0 Å². The Morgan fingerprint density at radius 1 is 1.41 bits per heavy atom. The lowest BCUT2D eigenvalue weighted by Crippen LogP contribution is -2.38. The summed E-state index contributed by atoms with van der Waals surface area (Å²) in [5.74, 6) is 0.984. The average molecular weight is 240 g/mol. The second-order valence-electron chi connectivity index (χ2n) is 4.38. The molecule has 0 saturated heterocycles. The summed E-state index contributed by atoms with van der Waals surface area (Å²) in [6.07, 6.45) is 1.70. The van der Waals surface area contributed by atoms with Crippen LogP contribution < -0.4 is 5.32 Å². The van der Waals surface area contributed by atoms with Crippen LogP contribution in [-0.4, -0.2) is 44.3 Å². The van der Waals surface area contributed by atoms with Gasteiger partial charge in [0.05, 0.1) is 19.4 Å². The van der Waals surface area contributed by atoms with E-state index >= 15 is 0 Å². The molecule has 98 valence electrons. The van der Waals surface area contributed by atoms with Crippen LogP contribution in [0, 0.1) is 0 Å². The highest BCUT2D eigenvalue weighted by molar-refractivity contribution is 4.97. The van der Waals surface area contributed by atoms with Gasteiger partial charge in [0.15, 0.2) is 0 Å². The lowest BCUT2D eigenvalue weighted by Gasteiger charge is -2.26. The minimum Gasteiger partial charge on any atom is -0.468 e. The predicted molar refractivity (Wildman–Crippen MR) is 69.0 cm³/mol. The van der Waals surface area contributed by atoms with Gasteiger partial charge < -0.3 is 14.5 Å². The maximum absolute atomic E-state index is 5.26. The zero-order valence-corrected chi connectivity index (χ0v) is 11.1. The highest BCUT2D eigenvalue weighted by atomic mass is 16.5. The predicted octanol–water partition coefficient (Wildman–Crippen LogP) is 1.73. The molecule has 1 rings (SSSR count). The maximum Gasteiger partial charge on any atom is 0.117 e. The van der Waals surface area contributed by atoms with Gasteiger partial charge in [-0.1, -0.05) is 0 Å². The van der Waals surface area contributed by atoms with Crippen molar-refractivity contribution in [3.8, 4) is 0 Å². The highest BCUT2D eigenvalue weighted by Crippen LogP contribution is 1.99. The molecular formula is C13H24N2O2. The number of furan rings is 1. The number of nitrogens with one attached hydrogen (secondary N) is 1. The molecule has 0 fully saturated rings. The summed E-state index contributed by atoms with van der Waals surface area (Å²) >= 11 is 0. The molecule has 1 aromatic heterocycles. The van der Waals surface area contributed by atoms with Crippen molar-refractivity contribution >= 4 is 0 Å². The number of hydrogen-bond acceptors (Lipinski definition) is 4.